The fourth-order valence-electron chi connectivity index (χ4n) is 2.41. The lowest BCUT2D eigenvalue weighted by molar-refractivity contribution is 0.262. The lowest BCUT2D eigenvalue weighted by Crippen LogP contribution is -2.19. The van der Waals surface area contributed by atoms with Gasteiger partial charge in [0.2, 0.25) is 0 Å². The Morgan fingerprint density at radius 3 is 2.45 bits per heavy atom. The molecule has 0 atom stereocenters. The molecule has 1 heterocycles. The third-order valence-corrected chi connectivity index (χ3v) is 3.67. The number of anilines is 2. The second kappa shape index (κ2) is 5.93. The van der Waals surface area contributed by atoms with Crippen molar-refractivity contribution in [1.82, 2.24) is 4.98 Å². The molecule has 0 spiro atoms. The Kier molecular flexibility index (Phi) is 3.83. The molecule has 0 aliphatic heterocycles. The summed E-state index contributed by atoms with van der Waals surface area (Å²) in [5.41, 5.74) is 3.80. The minimum Gasteiger partial charge on any atom is -0.359 e. The van der Waals surface area contributed by atoms with Gasteiger partial charge in [0.25, 0.3) is 0 Å². The summed E-state index contributed by atoms with van der Waals surface area (Å²) >= 11 is 0. The number of urea groups is 1. The molecular formula is C18H19N3O. The normalized spacial score (nSPS) is 10.9. The number of benzene rings is 2. The summed E-state index contributed by atoms with van der Waals surface area (Å²) < 4.78 is 0. The zero-order valence-electron chi connectivity index (χ0n) is 12.7. The molecule has 0 fully saturated rings. The number of nitrogens with one attached hydrogen (secondary N) is 3. The summed E-state index contributed by atoms with van der Waals surface area (Å²) in [6.07, 6.45) is 1.80. The maximum atomic E-state index is 12.1. The number of aromatic nitrogens is 1. The van der Waals surface area contributed by atoms with E-state index in [9.17, 15) is 4.79 Å². The third-order valence-electron chi connectivity index (χ3n) is 3.67. The highest BCUT2D eigenvalue weighted by Crippen LogP contribution is 2.23. The molecule has 3 N–H and O–H groups in total. The second-order valence-corrected chi connectivity index (χ2v) is 5.60. The van der Waals surface area contributed by atoms with Crippen molar-refractivity contribution in [2.45, 2.75) is 19.8 Å². The maximum Gasteiger partial charge on any atom is 0.323 e. The van der Waals surface area contributed by atoms with Gasteiger partial charge < -0.3 is 15.6 Å². The summed E-state index contributed by atoms with van der Waals surface area (Å²) in [5.74, 6) is 0.481. The monoisotopic (exact) mass is 293 g/mol. The van der Waals surface area contributed by atoms with Crippen LogP contribution in [0.1, 0.15) is 25.3 Å². The molecule has 4 nitrogen and oxygen atoms in total. The van der Waals surface area contributed by atoms with Crippen LogP contribution < -0.4 is 10.6 Å². The van der Waals surface area contributed by atoms with Crippen molar-refractivity contribution >= 4 is 28.3 Å². The van der Waals surface area contributed by atoms with Crippen LogP contribution in [0.15, 0.2) is 54.7 Å². The van der Waals surface area contributed by atoms with Crippen LogP contribution in [0, 0.1) is 0 Å². The van der Waals surface area contributed by atoms with E-state index >= 15 is 0 Å². The molecule has 3 rings (SSSR count). The third kappa shape index (κ3) is 2.96. The van der Waals surface area contributed by atoms with Gasteiger partial charge in [-0.3, -0.25) is 0 Å². The summed E-state index contributed by atoms with van der Waals surface area (Å²) in [7, 11) is 0. The Labute approximate surface area is 129 Å². The molecule has 0 aliphatic rings. The summed E-state index contributed by atoms with van der Waals surface area (Å²) in [5, 5.41) is 6.71. The molecule has 0 saturated heterocycles. The van der Waals surface area contributed by atoms with Crippen LogP contribution in [0.4, 0.5) is 16.2 Å². The number of aromatic amines is 1. The topological polar surface area (TPSA) is 56.9 Å². The van der Waals surface area contributed by atoms with E-state index in [1.807, 2.05) is 48.5 Å². The van der Waals surface area contributed by atoms with Gasteiger partial charge in [0.1, 0.15) is 0 Å². The minimum absolute atomic E-state index is 0.248. The summed E-state index contributed by atoms with van der Waals surface area (Å²) in [6, 6.07) is 15.5. The fourth-order valence-corrected chi connectivity index (χ4v) is 2.41. The van der Waals surface area contributed by atoms with Crippen LogP contribution >= 0.6 is 0 Å². The smallest absolute Gasteiger partial charge is 0.323 e. The van der Waals surface area contributed by atoms with Gasteiger partial charge in [-0.25, -0.2) is 4.79 Å². The lowest BCUT2D eigenvalue weighted by atomic mass is 10.0. The van der Waals surface area contributed by atoms with Gasteiger partial charge in [-0.1, -0.05) is 44.2 Å². The van der Waals surface area contributed by atoms with Crippen LogP contribution in [0.5, 0.6) is 0 Å². The Bertz CT molecular complexity index is 787. The molecule has 3 aromatic rings. The van der Waals surface area contributed by atoms with E-state index in [1.54, 1.807) is 6.20 Å². The second-order valence-electron chi connectivity index (χ2n) is 5.60. The van der Waals surface area contributed by atoms with E-state index in [0.717, 1.165) is 22.3 Å². The largest absolute Gasteiger partial charge is 0.359 e. The molecule has 22 heavy (non-hydrogen) atoms. The van der Waals surface area contributed by atoms with Crippen LogP contribution in [-0.4, -0.2) is 11.0 Å². The molecule has 0 aliphatic carbocycles. The Hall–Kier alpha value is -2.75. The van der Waals surface area contributed by atoms with Crippen molar-refractivity contribution in [2.24, 2.45) is 0 Å². The maximum absolute atomic E-state index is 12.1. The number of rotatable bonds is 3. The van der Waals surface area contributed by atoms with Crippen molar-refractivity contribution in [1.29, 1.82) is 0 Å². The molecule has 2 aromatic carbocycles. The molecule has 0 saturated carbocycles. The number of fused-ring (bicyclic) bond motifs is 1. The first-order chi connectivity index (χ1) is 10.6. The van der Waals surface area contributed by atoms with Gasteiger partial charge in [-0.2, -0.15) is 0 Å². The molecule has 0 bridgehead atoms. The number of hydrogen-bond acceptors (Lipinski definition) is 1. The number of H-pyrrole nitrogens is 1. The zero-order valence-corrected chi connectivity index (χ0v) is 12.7. The van der Waals surface area contributed by atoms with Crippen molar-refractivity contribution < 1.29 is 4.79 Å². The van der Waals surface area contributed by atoms with Crippen LogP contribution in [0.2, 0.25) is 0 Å². The average molecular weight is 293 g/mol. The predicted molar refractivity (Wildman–Crippen MR) is 91.5 cm³/mol. The molecular weight excluding hydrogens is 274 g/mol. The van der Waals surface area contributed by atoms with Crippen molar-refractivity contribution in [3.8, 4) is 0 Å². The fraction of sp³-hybridized carbons (Fsp3) is 0.167. The lowest BCUT2D eigenvalue weighted by Gasteiger charge is -2.09. The Morgan fingerprint density at radius 1 is 1.00 bits per heavy atom. The molecule has 2 amide bonds. The SMILES string of the molecule is CC(C)c1ccc(NC(=O)Nc2c[nH]c3ccccc23)cc1. The standard InChI is InChI=1S/C18H19N3O/c1-12(2)13-7-9-14(10-8-13)20-18(22)21-17-11-19-16-6-4-3-5-15(16)17/h3-12,19H,1-2H3,(H2,20,21,22). The van der Waals surface area contributed by atoms with Crippen LogP contribution in [-0.2, 0) is 0 Å². The van der Waals surface area contributed by atoms with E-state index in [4.69, 9.17) is 0 Å². The number of carbonyl (C=O) groups excluding carboxylic acids is 1. The first kappa shape index (κ1) is 14.2. The molecule has 4 heteroatoms. The number of para-hydroxylation sites is 1. The van der Waals surface area contributed by atoms with Crippen LogP contribution in [0.3, 0.4) is 0 Å². The minimum atomic E-state index is -0.248. The van der Waals surface area contributed by atoms with Crippen molar-refractivity contribution in [3.63, 3.8) is 0 Å². The van der Waals surface area contributed by atoms with Gasteiger partial charge >= 0.3 is 6.03 Å². The van der Waals surface area contributed by atoms with E-state index in [-0.39, 0.29) is 6.03 Å². The van der Waals surface area contributed by atoms with E-state index in [2.05, 4.69) is 29.5 Å². The quantitative estimate of drug-likeness (QED) is 0.629. The van der Waals surface area contributed by atoms with Gasteiger partial charge in [0.05, 0.1) is 5.69 Å². The molecule has 0 unspecified atom stereocenters. The highest BCUT2D eigenvalue weighted by molar-refractivity contribution is 6.05. The van der Waals surface area contributed by atoms with Gasteiger partial charge in [-0.05, 0) is 29.7 Å². The van der Waals surface area contributed by atoms with Crippen LogP contribution in [0.25, 0.3) is 10.9 Å². The summed E-state index contributed by atoms with van der Waals surface area (Å²) in [6.45, 7) is 4.29. The number of hydrogen-bond donors (Lipinski definition) is 3. The van der Waals surface area contributed by atoms with Crippen molar-refractivity contribution in [2.75, 3.05) is 10.6 Å². The first-order valence-electron chi connectivity index (χ1n) is 7.37. The predicted octanol–water partition coefficient (Wildman–Crippen LogP) is 4.94. The number of amides is 2. The van der Waals surface area contributed by atoms with E-state index in [0.29, 0.717) is 5.92 Å². The van der Waals surface area contributed by atoms with Crippen molar-refractivity contribution in [3.05, 3.63) is 60.3 Å². The number of carbonyl (C=O) groups is 1. The molecule has 112 valence electrons. The Balaban J connectivity index is 1.69. The average Bonchev–Trinajstić information content (AvgIpc) is 2.91. The van der Waals surface area contributed by atoms with Gasteiger partial charge in [0.15, 0.2) is 0 Å². The molecule has 1 aromatic heterocycles. The molecule has 0 radical (unpaired) electrons. The van der Waals surface area contributed by atoms with Gasteiger partial charge in [0, 0.05) is 22.8 Å². The van der Waals surface area contributed by atoms with E-state index in [1.165, 1.54) is 5.56 Å². The first-order valence-corrected chi connectivity index (χ1v) is 7.37. The van der Waals surface area contributed by atoms with Gasteiger partial charge in [-0.15, -0.1) is 0 Å². The summed E-state index contributed by atoms with van der Waals surface area (Å²) in [4.78, 5) is 15.2. The Morgan fingerprint density at radius 2 is 1.73 bits per heavy atom. The highest BCUT2D eigenvalue weighted by atomic mass is 16.2. The highest BCUT2D eigenvalue weighted by Gasteiger charge is 2.07. The zero-order chi connectivity index (χ0) is 15.5. The van der Waals surface area contributed by atoms with E-state index < -0.39 is 0 Å².